The van der Waals surface area contributed by atoms with E-state index in [1.807, 2.05) is 25.1 Å². The number of aromatic nitrogens is 4. The smallest absolute Gasteiger partial charge is 0.225 e. The number of carbonyl (C=O) groups is 1. The van der Waals surface area contributed by atoms with Crippen molar-refractivity contribution in [3.05, 3.63) is 30.1 Å². The second-order valence-electron chi connectivity index (χ2n) is 3.74. The Balaban J connectivity index is 2.24. The molecule has 0 aliphatic rings. The van der Waals surface area contributed by atoms with Crippen LogP contribution in [0.4, 0.5) is 5.69 Å². The molecular formula is C11H12BrN5O. The van der Waals surface area contributed by atoms with Crippen molar-refractivity contribution in [1.82, 2.24) is 20.2 Å². The van der Waals surface area contributed by atoms with Gasteiger partial charge in [-0.15, -0.1) is 5.10 Å². The first-order chi connectivity index (χ1) is 8.70. The number of anilines is 1. The van der Waals surface area contributed by atoms with Gasteiger partial charge in [-0.3, -0.25) is 4.79 Å². The highest BCUT2D eigenvalue weighted by atomic mass is 79.9. The molecule has 1 amide bonds. The summed E-state index contributed by atoms with van der Waals surface area (Å²) in [6.07, 6.45) is 1.95. The summed E-state index contributed by atoms with van der Waals surface area (Å²) < 4.78 is 1.54. The van der Waals surface area contributed by atoms with E-state index in [9.17, 15) is 4.79 Å². The van der Waals surface area contributed by atoms with Crippen molar-refractivity contribution in [2.24, 2.45) is 0 Å². The minimum atomic E-state index is -0.0242. The van der Waals surface area contributed by atoms with E-state index < -0.39 is 0 Å². The van der Waals surface area contributed by atoms with Crippen LogP contribution in [0.5, 0.6) is 0 Å². The van der Waals surface area contributed by atoms with Crippen molar-refractivity contribution in [1.29, 1.82) is 0 Å². The Morgan fingerprint density at radius 2 is 2.33 bits per heavy atom. The van der Waals surface area contributed by atoms with Gasteiger partial charge in [0.2, 0.25) is 5.91 Å². The molecule has 0 spiro atoms. The Bertz CT molecular complexity index is 540. The number of amides is 1. The molecule has 6 nitrogen and oxygen atoms in total. The van der Waals surface area contributed by atoms with Crippen molar-refractivity contribution in [3.8, 4) is 5.69 Å². The van der Waals surface area contributed by atoms with Crippen LogP contribution < -0.4 is 5.32 Å². The van der Waals surface area contributed by atoms with E-state index in [0.29, 0.717) is 11.8 Å². The zero-order chi connectivity index (χ0) is 13.0. The third-order valence-corrected chi connectivity index (χ3v) is 2.83. The van der Waals surface area contributed by atoms with Gasteiger partial charge < -0.3 is 5.32 Å². The maximum Gasteiger partial charge on any atom is 0.225 e. The predicted octanol–water partition coefficient (Wildman–Crippen LogP) is 1.69. The molecule has 7 heteroatoms. The molecule has 1 N–H and O–H groups in total. The number of alkyl halides is 1. The van der Waals surface area contributed by atoms with Crippen molar-refractivity contribution in [3.63, 3.8) is 0 Å². The lowest BCUT2D eigenvalue weighted by atomic mass is 10.1. The molecule has 0 bridgehead atoms. The Morgan fingerprint density at radius 3 is 3.00 bits per heavy atom. The van der Waals surface area contributed by atoms with Crippen molar-refractivity contribution >= 4 is 27.5 Å². The third-order valence-electron chi connectivity index (χ3n) is 2.43. The molecule has 94 valence electrons. The predicted molar refractivity (Wildman–Crippen MR) is 70.9 cm³/mol. The number of nitrogens with one attached hydrogen (secondary N) is 1. The summed E-state index contributed by atoms with van der Waals surface area (Å²) in [4.78, 5) is 11.6. The molecule has 1 aromatic heterocycles. The van der Waals surface area contributed by atoms with Gasteiger partial charge in [0.25, 0.3) is 0 Å². The number of nitrogens with zero attached hydrogens (tertiary/aromatic N) is 4. The lowest BCUT2D eigenvalue weighted by Crippen LogP contribution is -2.13. The van der Waals surface area contributed by atoms with Gasteiger partial charge in [-0.1, -0.05) is 22.0 Å². The SMILES string of the molecule is Cc1ccc(-n2cnnn2)cc1NC(=O)CCBr. The molecule has 0 atom stereocenters. The molecule has 0 saturated heterocycles. The summed E-state index contributed by atoms with van der Waals surface area (Å²) >= 11 is 3.24. The highest BCUT2D eigenvalue weighted by Crippen LogP contribution is 2.19. The van der Waals surface area contributed by atoms with Crippen LogP contribution in [0.25, 0.3) is 5.69 Å². The van der Waals surface area contributed by atoms with E-state index in [2.05, 4.69) is 36.8 Å². The van der Waals surface area contributed by atoms with Crippen molar-refractivity contribution in [2.75, 3.05) is 10.6 Å². The number of carbonyl (C=O) groups excluding carboxylic acids is 1. The molecule has 0 aliphatic carbocycles. The summed E-state index contributed by atoms with van der Waals surface area (Å²) in [6.45, 7) is 1.94. The Labute approximate surface area is 113 Å². The number of aryl methyl sites for hydroxylation is 1. The largest absolute Gasteiger partial charge is 0.326 e. The van der Waals surface area contributed by atoms with E-state index in [-0.39, 0.29) is 5.91 Å². The summed E-state index contributed by atoms with van der Waals surface area (Å²) in [6, 6.07) is 5.66. The lowest BCUT2D eigenvalue weighted by Gasteiger charge is -2.09. The fourth-order valence-corrected chi connectivity index (χ4v) is 1.83. The number of tetrazole rings is 1. The molecule has 2 rings (SSSR count). The van der Waals surface area contributed by atoms with Gasteiger partial charge in [-0.25, -0.2) is 4.68 Å². The van der Waals surface area contributed by atoms with E-state index in [1.165, 1.54) is 6.33 Å². The second-order valence-corrected chi connectivity index (χ2v) is 4.53. The minimum Gasteiger partial charge on any atom is -0.326 e. The van der Waals surface area contributed by atoms with Crippen LogP contribution in [0.1, 0.15) is 12.0 Å². The molecule has 0 radical (unpaired) electrons. The summed E-state index contributed by atoms with van der Waals surface area (Å²) in [5.74, 6) is -0.0242. The van der Waals surface area contributed by atoms with Gasteiger partial charge in [0, 0.05) is 17.4 Å². The normalized spacial score (nSPS) is 10.3. The van der Waals surface area contributed by atoms with Gasteiger partial charge >= 0.3 is 0 Å². The van der Waals surface area contributed by atoms with E-state index in [0.717, 1.165) is 16.9 Å². The van der Waals surface area contributed by atoms with Crippen molar-refractivity contribution < 1.29 is 4.79 Å². The number of hydrogen-bond donors (Lipinski definition) is 1. The highest BCUT2D eigenvalue weighted by Gasteiger charge is 2.06. The van der Waals surface area contributed by atoms with Crippen LogP contribution in [0.3, 0.4) is 0 Å². The summed E-state index contributed by atoms with van der Waals surface area (Å²) in [7, 11) is 0. The molecule has 1 aromatic carbocycles. The number of halogens is 1. The first kappa shape index (κ1) is 12.7. The monoisotopic (exact) mass is 309 g/mol. The summed E-state index contributed by atoms with van der Waals surface area (Å²) in [5.41, 5.74) is 2.57. The zero-order valence-corrected chi connectivity index (χ0v) is 11.4. The summed E-state index contributed by atoms with van der Waals surface area (Å²) in [5, 5.41) is 14.5. The molecule has 0 unspecified atom stereocenters. The van der Waals surface area contributed by atoms with E-state index >= 15 is 0 Å². The topological polar surface area (TPSA) is 72.7 Å². The Morgan fingerprint density at radius 1 is 1.50 bits per heavy atom. The van der Waals surface area contributed by atoms with Crippen LogP contribution in [-0.2, 0) is 4.79 Å². The first-order valence-corrected chi connectivity index (χ1v) is 6.52. The maximum absolute atomic E-state index is 11.6. The molecule has 0 saturated carbocycles. The first-order valence-electron chi connectivity index (χ1n) is 5.40. The van der Waals surface area contributed by atoms with E-state index in [4.69, 9.17) is 0 Å². The van der Waals surface area contributed by atoms with Crippen LogP contribution in [-0.4, -0.2) is 31.4 Å². The van der Waals surface area contributed by atoms with Gasteiger partial charge in [0.05, 0.1) is 5.69 Å². The van der Waals surface area contributed by atoms with Gasteiger partial charge in [0.15, 0.2) is 0 Å². The molecule has 1 heterocycles. The average Bonchev–Trinajstić information content (AvgIpc) is 2.86. The van der Waals surface area contributed by atoms with Crippen LogP contribution in [0, 0.1) is 6.92 Å². The lowest BCUT2D eigenvalue weighted by molar-refractivity contribution is -0.115. The fourth-order valence-electron chi connectivity index (χ4n) is 1.47. The Hall–Kier alpha value is -1.76. The average molecular weight is 310 g/mol. The number of hydrogen-bond acceptors (Lipinski definition) is 4. The van der Waals surface area contributed by atoms with E-state index in [1.54, 1.807) is 4.68 Å². The highest BCUT2D eigenvalue weighted by molar-refractivity contribution is 9.09. The maximum atomic E-state index is 11.6. The van der Waals surface area contributed by atoms with Gasteiger partial charge in [-0.05, 0) is 35.0 Å². The fraction of sp³-hybridized carbons (Fsp3) is 0.273. The zero-order valence-electron chi connectivity index (χ0n) is 9.80. The molecule has 0 fully saturated rings. The molecule has 0 aliphatic heterocycles. The van der Waals surface area contributed by atoms with Gasteiger partial charge in [0.1, 0.15) is 6.33 Å². The number of rotatable bonds is 4. The number of benzene rings is 1. The quantitative estimate of drug-likeness (QED) is 0.872. The van der Waals surface area contributed by atoms with Crippen molar-refractivity contribution in [2.45, 2.75) is 13.3 Å². The van der Waals surface area contributed by atoms with Crippen LogP contribution in [0.15, 0.2) is 24.5 Å². The molecular weight excluding hydrogens is 298 g/mol. The Kier molecular flexibility index (Phi) is 4.03. The standard InChI is InChI=1S/C11H12BrN5O/c1-8-2-3-9(17-7-13-15-16-17)6-10(8)14-11(18)4-5-12/h2-3,6-7H,4-5H2,1H3,(H,14,18). The third kappa shape index (κ3) is 2.92. The second kappa shape index (κ2) is 5.72. The minimum absolute atomic E-state index is 0.0242. The van der Waals surface area contributed by atoms with Crippen LogP contribution >= 0.6 is 15.9 Å². The molecule has 18 heavy (non-hydrogen) atoms. The van der Waals surface area contributed by atoms with Crippen LogP contribution in [0.2, 0.25) is 0 Å². The molecule has 2 aromatic rings. The van der Waals surface area contributed by atoms with Gasteiger partial charge in [-0.2, -0.15) is 0 Å².